The number of rotatable bonds is 17. The van der Waals surface area contributed by atoms with Gasteiger partial charge in [0.2, 0.25) is 23.7 Å². The quantitative estimate of drug-likeness (QED) is 0.0741. The molecule has 4 aromatic heterocycles. The SMILES string of the molecule is CCn1nc(C)cc1C(=O)Nc1nc2cc(C(=O)O)cc(OC)c2n1CC=CCn1c(NC(=O)c2cc(C)nn2CC)nc2cc(C(N)=O)cc(OCC#CCN3CCN(C(=O)C(C)C)CC3)c21. The lowest BCUT2D eigenvalue weighted by molar-refractivity contribution is -0.136. The zero-order chi connectivity index (χ0) is 48.8. The molecule has 0 saturated carbocycles. The molecule has 1 fully saturated rings. The number of fused-ring (bicyclic) bond motifs is 2. The lowest BCUT2D eigenvalue weighted by atomic mass is 10.1. The van der Waals surface area contributed by atoms with Gasteiger partial charge in [-0.15, -0.1) is 0 Å². The molecule has 1 aliphatic rings. The number of primary amides is 1. The van der Waals surface area contributed by atoms with E-state index in [2.05, 4.69) is 42.6 Å². The average molecular weight is 930 g/mol. The number of benzene rings is 2. The highest BCUT2D eigenvalue weighted by Gasteiger charge is 2.25. The van der Waals surface area contributed by atoms with Gasteiger partial charge in [-0.3, -0.25) is 44.1 Å². The van der Waals surface area contributed by atoms with Crippen molar-refractivity contribution in [3.63, 3.8) is 0 Å². The van der Waals surface area contributed by atoms with Gasteiger partial charge in [-0.2, -0.15) is 10.2 Å². The van der Waals surface area contributed by atoms with Gasteiger partial charge in [0.15, 0.2) is 0 Å². The van der Waals surface area contributed by atoms with Crippen molar-refractivity contribution in [2.75, 3.05) is 57.1 Å². The zero-order valence-electron chi connectivity index (χ0n) is 39.1. The number of hydrogen-bond acceptors (Lipinski definition) is 12. The summed E-state index contributed by atoms with van der Waals surface area (Å²) in [6, 6.07) is 9.15. The fraction of sp³-hybridized carbons (Fsp3) is 0.383. The summed E-state index contributed by atoms with van der Waals surface area (Å²) in [6.07, 6.45) is 3.61. The van der Waals surface area contributed by atoms with E-state index in [9.17, 15) is 29.1 Å². The number of nitrogens with zero attached hydrogens (tertiary/aromatic N) is 10. The second kappa shape index (κ2) is 20.7. The van der Waals surface area contributed by atoms with Crippen LogP contribution in [0.1, 0.15) is 80.8 Å². The molecule has 0 spiro atoms. The number of carboxylic acids is 1. The molecular weight excluding hydrogens is 875 g/mol. The number of imidazole rings is 2. The first-order valence-electron chi connectivity index (χ1n) is 22.2. The maximum absolute atomic E-state index is 13.9. The molecule has 68 heavy (non-hydrogen) atoms. The van der Waals surface area contributed by atoms with Gasteiger partial charge >= 0.3 is 5.97 Å². The number of amides is 4. The van der Waals surface area contributed by atoms with Crippen LogP contribution in [0.15, 0.2) is 48.6 Å². The Morgan fingerprint density at radius 1 is 0.765 bits per heavy atom. The van der Waals surface area contributed by atoms with Crippen LogP contribution in [0.4, 0.5) is 11.9 Å². The second-order valence-electron chi connectivity index (χ2n) is 16.4. The third kappa shape index (κ3) is 10.3. The Morgan fingerprint density at radius 3 is 1.76 bits per heavy atom. The number of nitrogens with one attached hydrogen (secondary N) is 2. The average Bonchev–Trinajstić information content (AvgIpc) is 4.09. The number of nitrogens with two attached hydrogens (primary N) is 1. The summed E-state index contributed by atoms with van der Waals surface area (Å²) in [4.78, 5) is 78.1. The molecule has 0 unspecified atom stereocenters. The number of aryl methyl sites for hydroxylation is 4. The highest BCUT2D eigenvalue weighted by atomic mass is 16.5. The highest BCUT2D eigenvalue weighted by molar-refractivity contribution is 6.05. The molecule has 21 heteroatoms. The van der Waals surface area contributed by atoms with Gasteiger partial charge in [-0.25, -0.2) is 14.8 Å². The summed E-state index contributed by atoms with van der Waals surface area (Å²) in [5.41, 5.74) is 9.25. The van der Waals surface area contributed by atoms with Crippen molar-refractivity contribution < 1.29 is 38.6 Å². The monoisotopic (exact) mass is 929 g/mol. The number of anilines is 2. The lowest BCUT2D eigenvalue weighted by Crippen LogP contribution is -2.49. The van der Waals surface area contributed by atoms with Crippen molar-refractivity contribution in [1.82, 2.24) is 48.5 Å². The Morgan fingerprint density at radius 2 is 1.28 bits per heavy atom. The van der Waals surface area contributed by atoms with E-state index in [1.54, 1.807) is 50.6 Å². The smallest absolute Gasteiger partial charge is 0.335 e. The summed E-state index contributed by atoms with van der Waals surface area (Å²) in [7, 11) is 1.41. The summed E-state index contributed by atoms with van der Waals surface area (Å²) in [6.45, 7) is 15.3. The molecule has 6 aromatic rings. The first-order chi connectivity index (χ1) is 32.6. The van der Waals surface area contributed by atoms with E-state index in [4.69, 9.17) is 20.2 Å². The van der Waals surface area contributed by atoms with Crippen LogP contribution >= 0.6 is 0 Å². The number of aromatic nitrogens is 8. The fourth-order valence-electron chi connectivity index (χ4n) is 7.99. The largest absolute Gasteiger partial charge is 0.494 e. The molecule has 0 radical (unpaired) electrons. The van der Waals surface area contributed by atoms with Gasteiger partial charge in [0, 0.05) is 63.8 Å². The van der Waals surface area contributed by atoms with E-state index in [-0.39, 0.29) is 71.6 Å². The van der Waals surface area contributed by atoms with Crippen molar-refractivity contribution in [2.45, 2.75) is 67.7 Å². The van der Waals surface area contributed by atoms with Gasteiger partial charge in [0.1, 0.15) is 40.5 Å². The molecule has 21 nitrogen and oxygen atoms in total. The van der Waals surface area contributed by atoms with E-state index in [0.29, 0.717) is 85.1 Å². The van der Waals surface area contributed by atoms with Crippen molar-refractivity contribution in [1.29, 1.82) is 0 Å². The summed E-state index contributed by atoms with van der Waals surface area (Å²) >= 11 is 0. The number of allylic oxidation sites excluding steroid dienone is 2. The van der Waals surface area contributed by atoms with E-state index in [1.165, 1.54) is 31.4 Å². The van der Waals surface area contributed by atoms with Crippen LogP contribution in [0.2, 0.25) is 0 Å². The van der Waals surface area contributed by atoms with E-state index < -0.39 is 23.7 Å². The molecule has 0 bridgehead atoms. The standard InChI is InChI=1S/C47H55N13O8/c1-8-59-35(22-29(5)53-59)42(62)51-46-50-34-25-32(45(65)66)27-37(67-7)39(34)57(46)15-10-11-16-58-40-33(49-47(58)52-43(63)36-23-30(6)54-60(36)9-2)24-31(41(48)61)26-38(40)68-21-13-12-14-55-17-19-56(20-18-55)44(64)28(3)4/h10-11,22-28H,8-9,14-21H2,1-7H3,(H2,48,61)(H,65,66)(H,49,52,63)(H,50,51,62). The first-order valence-corrected chi connectivity index (χ1v) is 22.2. The summed E-state index contributed by atoms with van der Waals surface area (Å²) < 4.78 is 18.5. The Bertz CT molecular complexity index is 3010. The molecule has 2 aromatic carbocycles. The topological polar surface area (TPSA) is 252 Å². The molecule has 0 aliphatic carbocycles. The zero-order valence-corrected chi connectivity index (χ0v) is 39.1. The molecule has 356 valence electrons. The number of ether oxygens (including phenoxy) is 2. The molecule has 7 rings (SSSR count). The third-order valence-electron chi connectivity index (χ3n) is 11.3. The predicted octanol–water partition coefficient (Wildman–Crippen LogP) is 4.18. The minimum absolute atomic E-state index is 0.0486. The van der Waals surface area contributed by atoms with Gasteiger partial charge in [-0.1, -0.05) is 37.8 Å². The van der Waals surface area contributed by atoms with Gasteiger partial charge in [0.05, 0.1) is 41.6 Å². The summed E-state index contributed by atoms with van der Waals surface area (Å²) in [5.74, 6) is 4.19. The third-order valence-corrected chi connectivity index (χ3v) is 11.3. The first kappa shape index (κ1) is 48.0. The minimum Gasteiger partial charge on any atom is -0.494 e. The van der Waals surface area contributed by atoms with Crippen molar-refractivity contribution in [3.8, 4) is 23.3 Å². The molecule has 4 amide bonds. The van der Waals surface area contributed by atoms with Crippen molar-refractivity contribution >= 4 is 63.6 Å². The van der Waals surface area contributed by atoms with Crippen LogP contribution in [-0.4, -0.2) is 130 Å². The minimum atomic E-state index is -1.18. The van der Waals surface area contributed by atoms with Crippen LogP contribution in [-0.2, 0) is 31.0 Å². The maximum atomic E-state index is 13.9. The number of aromatic carboxylic acids is 1. The Labute approximate surface area is 391 Å². The summed E-state index contributed by atoms with van der Waals surface area (Å²) in [5, 5.41) is 24.5. The Hall–Kier alpha value is -7.99. The second-order valence-corrected chi connectivity index (χ2v) is 16.4. The lowest BCUT2D eigenvalue weighted by Gasteiger charge is -2.34. The number of carbonyl (C=O) groups excluding carboxylic acids is 4. The van der Waals surface area contributed by atoms with E-state index in [1.807, 2.05) is 38.7 Å². The van der Waals surface area contributed by atoms with E-state index in [0.717, 1.165) is 0 Å². The molecule has 1 aliphatic heterocycles. The molecular formula is C47H55N13O8. The van der Waals surface area contributed by atoms with E-state index >= 15 is 0 Å². The van der Waals surface area contributed by atoms with Crippen LogP contribution in [0.25, 0.3) is 22.1 Å². The Kier molecular flexibility index (Phi) is 14.6. The predicted molar refractivity (Wildman–Crippen MR) is 253 cm³/mol. The molecule has 5 N–H and O–H groups in total. The van der Waals surface area contributed by atoms with Gasteiger partial charge < -0.3 is 34.3 Å². The van der Waals surface area contributed by atoms with Crippen LogP contribution in [0.5, 0.6) is 11.5 Å². The number of carboxylic acid groups (broad SMARTS) is 1. The number of methoxy groups -OCH3 is 1. The number of piperazine rings is 1. The van der Waals surface area contributed by atoms with Gasteiger partial charge in [-0.05, 0) is 64.1 Å². The Balaban J connectivity index is 1.22. The number of hydrogen-bond donors (Lipinski definition) is 4. The van der Waals surface area contributed by atoms with Gasteiger partial charge in [0.25, 0.3) is 11.8 Å². The normalized spacial score (nSPS) is 13.0. The van der Waals surface area contributed by atoms with Crippen LogP contribution < -0.4 is 25.8 Å². The molecule has 0 atom stereocenters. The van der Waals surface area contributed by atoms with Crippen LogP contribution in [0, 0.1) is 31.6 Å². The van der Waals surface area contributed by atoms with Crippen LogP contribution in [0.3, 0.4) is 0 Å². The molecule has 5 heterocycles. The highest BCUT2D eigenvalue weighted by Crippen LogP contribution is 2.33. The van der Waals surface area contributed by atoms with Crippen molar-refractivity contribution in [2.24, 2.45) is 11.7 Å². The fourth-order valence-corrected chi connectivity index (χ4v) is 7.99. The number of carbonyl (C=O) groups is 5. The molecule has 1 saturated heterocycles. The maximum Gasteiger partial charge on any atom is 0.335 e. The van der Waals surface area contributed by atoms with Crippen molar-refractivity contribution in [3.05, 3.63) is 82.5 Å².